The summed E-state index contributed by atoms with van der Waals surface area (Å²) in [5, 5.41) is 5.24. The number of carbonyl (C=O) groups is 1. The van der Waals surface area contributed by atoms with Gasteiger partial charge in [0.1, 0.15) is 12.4 Å². The Morgan fingerprint density at radius 1 is 1.08 bits per heavy atom. The topological polar surface area (TPSA) is 68.8 Å². The second kappa shape index (κ2) is 9.23. The van der Waals surface area contributed by atoms with Crippen LogP contribution in [0, 0.1) is 11.6 Å². The highest BCUT2D eigenvalue weighted by atomic mass is 79.9. The fourth-order valence-electron chi connectivity index (χ4n) is 2.02. The second-order valence-corrected chi connectivity index (χ2v) is 5.85. The number of ether oxygens (including phenoxy) is 3. The molecule has 0 unspecified atom stereocenters. The number of carbonyl (C=O) groups excluding carboxylic acids is 1. The van der Waals surface area contributed by atoms with Crippen molar-refractivity contribution in [3.8, 4) is 17.2 Å². The lowest BCUT2D eigenvalue weighted by molar-refractivity contribution is 0.247. The van der Waals surface area contributed by atoms with E-state index in [4.69, 9.17) is 14.2 Å². The summed E-state index contributed by atoms with van der Waals surface area (Å²) in [4.78, 5) is 11.9. The molecule has 2 N–H and O–H groups in total. The number of hydrogen-bond donors (Lipinski definition) is 2. The summed E-state index contributed by atoms with van der Waals surface area (Å²) in [6, 6.07) is 6.03. The summed E-state index contributed by atoms with van der Waals surface area (Å²) < 4.78 is 42.1. The molecule has 26 heavy (non-hydrogen) atoms. The summed E-state index contributed by atoms with van der Waals surface area (Å²) in [5.41, 5.74) is 0.488. The zero-order chi connectivity index (χ0) is 19.1. The molecular formula is C17H17BrF2N2O4. The van der Waals surface area contributed by atoms with E-state index >= 15 is 0 Å². The van der Waals surface area contributed by atoms with Gasteiger partial charge in [-0.3, -0.25) is 0 Å². The van der Waals surface area contributed by atoms with Gasteiger partial charge >= 0.3 is 6.03 Å². The summed E-state index contributed by atoms with van der Waals surface area (Å²) in [5.74, 6) is -0.784. The van der Waals surface area contributed by atoms with E-state index in [0.29, 0.717) is 21.7 Å². The van der Waals surface area contributed by atoms with E-state index in [0.717, 1.165) is 12.1 Å². The third-order valence-corrected chi connectivity index (χ3v) is 3.92. The SMILES string of the molecule is COc1cc(Br)c(NC(=O)NCCOc2ccc(F)c(F)c2)cc1OC. The molecule has 0 aliphatic heterocycles. The first-order valence-electron chi connectivity index (χ1n) is 7.48. The number of benzene rings is 2. The van der Waals surface area contributed by atoms with Crippen LogP contribution in [-0.4, -0.2) is 33.4 Å². The average Bonchev–Trinajstić information content (AvgIpc) is 2.63. The van der Waals surface area contributed by atoms with Gasteiger partial charge < -0.3 is 24.8 Å². The summed E-state index contributed by atoms with van der Waals surface area (Å²) in [6.07, 6.45) is 0. The highest BCUT2D eigenvalue weighted by Crippen LogP contribution is 2.36. The van der Waals surface area contributed by atoms with E-state index in [1.54, 1.807) is 12.1 Å². The lowest BCUT2D eigenvalue weighted by Crippen LogP contribution is -2.32. The van der Waals surface area contributed by atoms with Crippen molar-refractivity contribution < 1.29 is 27.8 Å². The van der Waals surface area contributed by atoms with Crippen molar-refractivity contribution in [2.24, 2.45) is 0 Å². The van der Waals surface area contributed by atoms with Gasteiger partial charge in [-0.25, -0.2) is 13.6 Å². The molecule has 140 valence electrons. The molecule has 9 heteroatoms. The number of hydrogen-bond acceptors (Lipinski definition) is 4. The van der Waals surface area contributed by atoms with E-state index in [-0.39, 0.29) is 18.9 Å². The normalized spacial score (nSPS) is 10.2. The molecule has 0 aliphatic carbocycles. The minimum absolute atomic E-state index is 0.0889. The van der Waals surface area contributed by atoms with E-state index in [1.807, 2.05) is 0 Å². The first kappa shape index (κ1) is 19.8. The molecule has 0 aromatic heterocycles. The summed E-state index contributed by atoms with van der Waals surface area (Å²) in [6.45, 7) is 0.251. The molecule has 0 aliphatic rings. The van der Waals surface area contributed by atoms with Crippen molar-refractivity contribution in [2.75, 3.05) is 32.7 Å². The highest BCUT2D eigenvalue weighted by Gasteiger charge is 2.12. The Labute approximate surface area is 157 Å². The Morgan fingerprint density at radius 3 is 2.42 bits per heavy atom. The second-order valence-electron chi connectivity index (χ2n) is 4.99. The monoisotopic (exact) mass is 430 g/mol. The van der Waals surface area contributed by atoms with Crippen molar-refractivity contribution in [1.82, 2.24) is 5.32 Å². The minimum atomic E-state index is -0.994. The fourth-order valence-corrected chi connectivity index (χ4v) is 2.44. The lowest BCUT2D eigenvalue weighted by Gasteiger charge is -2.13. The summed E-state index contributed by atoms with van der Waals surface area (Å²) >= 11 is 3.34. The maximum atomic E-state index is 13.1. The third-order valence-electron chi connectivity index (χ3n) is 3.27. The smallest absolute Gasteiger partial charge is 0.319 e. The maximum Gasteiger partial charge on any atom is 0.319 e. The van der Waals surface area contributed by atoms with Crippen LogP contribution in [0.2, 0.25) is 0 Å². The molecule has 0 saturated heterocycles. The Morgan fingerprint density at radius 2 is 1.77 bits per heavy atom. The molecule has 0 radical (unpaired) electrons. The number of nitrogens with one attached hydrogen (secondary N) is 2. The molecule has 2 rings (SSSR count). The predicted molar refractivity (Wildman–Crippen MR) is 96.1 cm³/mol. The van der Waals surface area contributed by atoms with Gasteiger partial charge in [0.25, 0.3) is 0 Å². The van der Waals surface area contributed by atoms with E-state index in [9.17, 15) is 13.6 Å². The standard InChI is InChI=1S/C17H17BrF2N2O4/c1-24-15-8-11(18)14(9-16(15)25-2)22-17(23)21-5-6-26-10-3-4-12(19)13(20)7-10/h3-4,7-9H,5-6H2,1-2H3,(H2,21,22,23). The van der Waals surface area contributed by atoms with Crippen molar-refractivity contribution in [2.45, 2.75) is 0 Å². The van der Waals surface area contributed by atoms with Crippen molar-refractivity contribution in [3.63, 3.8) is 0 Å². The van der Waals surface area contributed by atoms with Crippen LogP contribution >= 0.6 is 15.9 Å². The lowest BCUT2D eigenvalue weighted by atomic mass is 10.2. The summed E-state index contributed by atoms with van der Waals surface area (Å²) in [7, 11) is 3.00. The van der Waals surface area contributed by atoms with Crippen LogP contribution in [0.3, 0.4) is 0 Å². The Kier molecular flexibility index (Phi) is 7.02. The Hall–Kier alpha value is -2.55. The van der Waals surface area contributed by atoms with Crippen LogP contribution < -0.4 is 24.8 Å². The van der Waals surface area contributed by atoms with E-state index < -0.39 is 17.7 Å². The van der Waals surface area contributed by atoms with Gasteiger partial charge in [-0.05, 0) is 28.1 Å². The fraction of sp³-hybridized carbons (Fsp3) is 0.235. The first-order valence-corrected chi connectivity index (χ1v) is 8.28. The molecule has 0 heterocycles. The van der Waals surface area contributed by atoms with Crippen LogP contribution in [0.1, 0.15) is 0 Å². The van der Waals surface area contributed by atoms with Gasteiger partial charge in [0, 0.05) is 22.7 Å². The first-order chi connectivity index (χ1) is 12.4. The van der Waals surface area contributed by atoms with Gasteiger partial charge in [0.2, 0.25) is 0 Å². The third kappa shape index (κ3) is 5.22. The molecule has 2 amide bonds. The predicted octanol–water partition coefficient (Wildman–Crippen LogP) is 3.95. The Bertz CT molecular complexity index is 790. The van der Waals surface area contributed by atoms with Gasteiger partial charge in [0.05, 0.1) is 26.5 Å². The van der Waals surface area contributed by atoms with Crippen molar-refractivity contribution in [1.29, 1.82) is 0 Å². The molecule has 0 saturated carbocycles. The number of rotatable bonds is 7. The zero-order valence-corrected chi connectivity index (χ0v) is 15.7. The number of anilines is 1. The molecule has 2 aromatic carbocycles. The highest BCUT2D eigenvalue weighted by molar-refractivity contribution is 9.10. The molecule has 0 atom stereocenters. The maximum absolute atomic E-state index is 13.1. The van der Waals surface area contributed by atoms with Crippen LogP contribution in [0.15, 0.2) is 34.8 Å². The number of methoxy groups -OCH3 is 2. The molecule has 0 spiro atoms. The largest absolute Gasteiger partial charge is 0.493 e. The van der Waals surface area contributed by atoms with Crippen LogP contribution in [-0.2, 0) is 0 Å². The molecule has 2 aromatic rings. The molecular weight excluding hydrogens is 414 g/mol. The number of urea groups is 1. The van der Waals surface area contributed by atoms with E-state index in [2.05, 4.69) is 26.6 Å². The van der Waals surface area contributed by atoms with Gasteiger partial charge in [-0.1, -0.05) is 0 Å². The molecule has 6 nitrogen and oxygen atoms in total. The number of halogens is 3. The quantitative estimate of drug-likeness (QED) is 0.652. The van der Waals surface area contributed by atoms with E-state index in [1.165, 1.54) is 20.3 Å². The van der Waals surface area contributed by atoms with Crippen LogP contribution in [0.25, 0.3) is 0 Å². The van der Waals surface area contributed by atoms with Gasteiger partial charge in [0.15, 0.2) is 23.1 Å². The number of amides is 2. The Balaban J connectivity index is 1.84. The average molecular weight is 431 g/mol. The minimum Gasteiger partial charge on any atom is -0.493 e. The van der Waals surface area contributed by atoms with Crippen LogP contribution in [0.5, 0.6) is 17.2 Å². The van der Waals surface area contributed by atoms with Gasteiger partial charge in [-0.15, -0.1) is 0 Å². The zero-order valence-electron chi connectivity index (χ0n) is 14.1. The van der Waals surface area contributed by atoms with Crippen molar-refractivity contribution >= 4 is 27.6 Å². The van der Waals surface area contributed by atoms with Crippen molar-refractivity contribution in [3.05, 3.63) is 46.4 Å². The van der Waals surface area contributed by atoms with Gasteiger partial charge in [-0.2, -0.15) is 0 Å². The molecule has 0 bridgehead atoms. The molecule has 0 fully saturated rings. The van der Waals surface area contributed by atoms with Crippen LogP contribution in [0.4, 0.5) is 19.3 Å².